The van der Waals surface area contributed by atoms with Crippen molar-refractivity contribution in [3.63, 3.8) is 0 Å². The molecule has 1 N–H and O–H groups in total. The lowest BCUT2D eigenvalue weighted by molar-refractivity contribution is 0.0731. The largest absolute Gasteiger partial charge is 0.446 e. The molecule has 0 heterocycles. The van der Waals surface area contributed by atoms with Gasteiger partial charge in [0.1, 0.15) is 6.10 Å². The number of nitrogens with one attached hydrogen (secondary N) is 1. The first kappa shape index (κ1) is 13.2. The van der Waals surface area contributed by atoms with Gasteiger partial charge < -0.3 is 15.0 Å². The summed E-state index contributed by atoms with van der Waals surface area (Å²) in [5.41, 5.74) is 0. The van der Waals surface area contributed by atoms with Gasteiger partial charge in [-0.25, -0.2) is 4.79 Å². The summed E-state index contributed by atoms with van der Waals surface area (Å²) in [4.78, 5) is 13.0. The van der Waals surface area contributed by atoms with E-state index in [0.29, 0.717) is 6.54 Å². The van der Waals surface area contributed by atoms with Gasteiger partial charge in [0.2, 0.25) is 0 Å². The van der Waals surface area contributed by atoms with Crippen LogP contribution in [0.25, 0.3) is 0 Å². The predicted octanol–water partition coefficient (Wildman–Crippen LogP) is 1.46. The number of carbonyl (C=O) groups excluding carboxylic acids is 1. The number of hydrogen-bond acceptors (Lipinski definition) is 3. The van der Waals surface area contributed by atoms with Crippen LogP contribution in [0.3, 0.4) is 0 Å². The van der Waals surface area contributed by atoms with Crippen molar-refractivity contribution in [2.45, 2.75) is 32.8 Å². The molecule has 0 spiro atoms. The van der Waals surface area contributed by atoms with E-state index >= 15 is 0 Å². The van der Waals surface area contributed by atoms with Gasteiger partial charge in [-0.1, -0.05) is 13.3 Å². The zero-order valence-electron chi connectivity index (χ0n) is 9.67. The number of carbonyl (C=O) groups is 1. The number of rotatable bonds is 6. The molecule has 0 aliphatic rings. The Hall–Kier alpha value is -0.770. The Labute approximate surface area is 86.6 Å². The van der Waals surface area contributed by atoms with Gasteiger partial charge >= 0.3 is 6.09 Å². The first-order chi connectivity index (χ1) is 6.61. The van der Waals surface area contributed by atoms with Crippen molar-refractivity contribution in [2.24, 2.45) is 0 Å². The maximum Gasteiger partial charge on any atom is 0.409 e. The average Bonchev–Trinajstić information content (AvgIpc) is 2.14. The van der Waals surface area contributed by atoms with Gasteiger partial charge in [-0.2, -0.15) is 0 Å². The highest BCUT2D eigenvalue weighted by molar-refractivity contribution is 5.67. The monoisotopic (exact) mass is 202 g/mol. The van der Waals surface area contributed by atoms with Crippen LogP contribution in [0.15, 0.2) is 0 Å². The zero-order chi connectivity index (χ0) is 11.0. The predicted molar refractivity (Wildman–Crippen MR) is 57.4 cm³/mol. The minimum atomic E-state index is -0.235. The normalized spacial score (nSPS) is 12.3. The van der Waals surface area contributed by atoms with Crippen LogP contribution in [0, 0.1) is 0 Å². The zero-order valence-corrected chi connectivity index (χ0v) is 9.67. The molecule has 4 nitrogen and oxygen atoms in total. The molecule has 0 fully saturated rings. The van der Waals surface area contributed by atoms with Crippen LogP contribution in [-0.4, -0.2) is 44.3 Å². The van der Waals surface area contributed by atoms with Gasteiger partial charge in [0.15, 0.2) is 0 Å². The average molecular weight is 202 g/mol. The molecule has 0 aromatic heterocycles. The highest BCUT2D eigenvalue weighted by Gasteiger charge is 2.12. The highest BCUT2D eigenvalue weighted by atomic mass is 16.6. The topological polar surface area (TPSA) is 41.6 Å². The second-order valence-electron chi connectivity index (χ2n) is 3.51. The third-order valence-corrected chi connectivity index (χ3v) is 2.01. The number of ether oxygens (including phenoxy) is 1. The first-order valence-corrected chi connectivity index (χ1v) is 5.18. The summed E-state index contributed by atoms with van der Waals surface area (Å²) in [6.45, 7) is 5.46. The fraction of sp³-hybridized carbons (Fsp3) is 0.900. The van der Waals surface area contributed by atoms with E-state index < -0.39 is 0 Å². The maximum atomic E-state index is 11.4. The lowest BCUT2D eigenvalue weighted by Gasteiger charge is -2.19. The molecular weight excluding hydrogens is 180 g/mol. The fourth-order valence-electron chi connectivity index (χ4n) is 1.10. The van der Waals surface area contributed by atoms with E-state index in [0.717, 1.165) is 19.4 Å². The van der Waals surface area contributed by atoms with Crippen LogP contribution in [-0.2, 0) is 4.74 Å². The molecule has 0 bridgehead atoms. The van der Waals surface area contributed by atoms with E-state index in [2.05, 4.69) is 12.2 Å². The Morgan fingerprint density at radius 1 is 1.57 bits per heavy atom. The first-order valence-electron chi connectivity index (χ1n) is 5.18. The van der Waals surface area contributed by atoms with Gasteiger partial charge in [0.25, 0.3) is 0 Å². The van der Waals surface area contributed by atoms with Gasteiger partial charge in [-0.3, -0.25) is 0 Å². The maximum absolute atomic E-state index is 11.4. The van der Waals surface area contributed by atoms with Crippen LogP contribution in [0.4, 0.5) is 4.79 Å². The summed E-state index contributed by atoms with van der Waals surface area (Å²) in [7, 11) is 3.61. The molecule has 0 rings (SSSR count). The third kappa shape index (κ3) is 5.80. The van der Waals surface area contributed by atoms with Gasteiger partial charge in [-0.15, -0.1) is 0 Å². The summed E-state index contributed by atoms with van der Waals surface area (Å²) in [6.07, 6.45) is 1.74. The second-order valence-corrected chi connectivity index (χ2v) is 3.51. The molecule has 14 heavy (non-hydrogen) atoms. The smallest absolute Gasteiger partial charge is 0.409 e. The van der Waals surface area contributed by atoms with Crippen LogP contribution in [0.5, 0.6) is 0 Å². The standard InChI is InChI=1S/C10H22N2O2/c1-5-6-9(2)14-10(13)12(4)8-7-11-3/h9,11H,5-8H2,1-4H3. The summed E-state index contributed by atoms with van der Waals surface area (Å²) in [5.74, 6) is 0. The molecule has 4 heteroatoms. The van der Waals surface area contributed by atoms with E-state index in [-0.39, 0.29) is 12.2 Å². The van der Waals surface area contributed by atoms with E-state index in [4.69, 9.17) is 4.74 Å². The van der Waals surface area contributed by atoms with Crippen LogP contribution < -0.4 is 5.32 Å². The Morgan fingerprint density at radius 2 is 2.21 bits per heavy atom. The Kier molecular flexibility index (Phi) is 7.20. The lowest BCUT2D eigenvalue weighted by atomic mass is 10.2. The van der Waals surface area contributed by atoms with Crippen LogP contribution >= 0.6 is 0 Å². The van der Waals surface area contributed by atoms with Crippen molar-refractivity contribution >= 4 is 6.09 Å². The Balaban J connectivity index is 3.71. The van der Waals surface area contributed by atoms with Crippen molar-refractivity contribution in [3.8, 4) is 0 Å². The Bertz CT molecular complexity index is 162. The Morgan fingerprint density at radius 3 is 2.71 bits per heavy atom. The van der Waals surface area contributed by atoms with Gasteiger partial charge in [0, 0.05) is 20.1 Å². The molecule has 0 aliphatic carbocycles. The summed E-state index contributed by atoms with van der Waals surface area (Å²) >= 11 is 0. The molecule has 84 valence electrons. The van der Waals surface area contributed by atoms with E-state index in [1.165, 1.54) is 0 Å². The summed E-state index contributed by atoms with van der Waals surface area (Å²) in [5, 5.41) is 2.98. The molecule has 1 amide bonds. The van der Waals surface area contributed by atoms with E-state index in [9.17, 15) is 4.79 Å². The highest BCUT2D eigenvalue weighted by Crippen LogP contribution is 2.02. The summed E-state index contributed by atoms with van der Waals surface area (Å²) in [6, 6.07) is 0. The van der Waals surface area contributed by atoms with Crippen molar-refractivity contribution in [1.82, 2.24) is 10.2 Å². The fourth-order valence-corrected chi connectivity index (χ4v) is 1.10. The minimum Gasteiger partial charge on any atom is -0.446 e. The molecule has 0 saturated heterocycles. The van der Waals surface area contributed by atoms with Gasteiger partial charge in [-0.05, 0) is 20.4 Å². The van der Waals surface area contributed by atoms with Crippen molar-refractivity contribution in [3.05, 3.63) is 0 Å². The second kappa shape index (κ2) is 7.62. The molecule has 0 radical (unpaired) electrons. The molecule has 1 atom stereocenters. The van der Waals surface area contributed by atoms with Crippen LogP contribution in [0.1, 0.15) is 26.7 Å². The van der Waals surface area contributed by atoms with Crippen molar-refractivity contribution < 1.29 is 9.53 Å². The van der Waals surface area contributed by atoms with Crippen LogP contribution in [0.2, 0.25) is 0 Å². The van der Waals surface area contributed by atoms with Crippen molar-refractivity contribution in [1.29, 1.82) is 0 Å². The van der Waals surface area contributed by atoms with Gasteiger partial charge in [0.05, 0.1) is 0 Å². The number of amides is 1. The molecule has 0 aromatic carbocycles. The molecule has 0 saturated carbocycles. The number of hydrogen-bond donors (Lipinski definition) is 1. The lowest BCUT2D eigenvalue weighted by Crippen LogP contribution is -2.34. The van der Waals surface area contributed by atoms with E-state index in [1.54, 1.807) is 11.9 Å². The molecule has 1 unspecified atom stereocenters. The molecule has 0 aliphatic heterocycles. The number of likely N-dealkylation sites (N-methyl/N-ethyl adjacent to an activating group) is 2. The third-order valence-electron chi connectivity index (χ3n) is 2.01. The SMILES string of the molecule is CCCC(C)OC(=O)N(C)CCNC. The van der Waals surface area contributed by atoms with Crippen molar-refractivity contribution in [2.75, 3.05) is 27.2 Å². The quantitative estimate of drug-likeness (QED) is 0.709. The summed E-state index contributed by atoms with van der Waals surface area (Å²) < 4.78 is 5.21. The minimum absolute atomic E-state index is 0.0181. The molecular formula is C10H22N2O2. The number of nitrogens with zero attached hydrogens (tertiary/aromatic N) is 1. The molecule has 0 aromatic rings. The van der Waals surface area contributed by atoms with E-state index in [1.807, 2.05) is 14.0 Å².